The van der Waals surface area contributed by atoms with Crippen molar-refractivity contribution in [2.75, 3.05) is 0 Å². The smallest absolute Gasteiger partial charge is 0.156 e. The summed E-state index contributed by atoms with van der Waals surface area (Å²) in [6.45, 7) is 0. The van der Waals surface area contributed by atoms with Crippen molar-refractivity contribution in [1.29, 1.82) is 0 Å². The first kappa shape index (κ1) is 8.73. The van der Waals surface area contributed by atoms with Crippen LogP contribution in [0.5, 0.6) is 0 Å². The number of aliphatic hydroxyl groups is 1. The van der Waals surface area contributed by atoms with Gasteiger partial charge in [0.1, 0.15) is 5.60 Å². The minimum absolute atomic E-state index is 0.440. The van der Waals surface area contributed by atoms with Crippen molar-refractivity contribution in [3.05, 3.63) is 34.3 Å². The first-order valence-corrected chi connectivity index (χ1v) is 4.52. The minimum Gasteiger partial charge on any atom is -0.378 e. The van der Waals surface area contributed by atoms with E-state index in [9.17, 15) is 9.90 Å². The number of carbonyl (C=O) groups is 1. The molecule has 1 N–H and O–H groups in total. The van der Waals surface area contributed by atoms with Crippen LogP contribution in [0.2, 0.25) is 5.02 Å². The van der Waals surface area contributed by atoms with Gasteiger partial charge in [-0.2, -0.15) is 0 Å². The van der Waals surface area contributed by atoms with Crippen LogP contribution >= 0.6 is 11.6 Å². The zero-order valence-electron chi connectivity index (χ0n) is 6.96. The van der Waals surface area contributed by atoms with Gasteiger partial charge in [0, 0.05) is 5.02 Å². The number of halogens is 1. The van der Waals surface area contributed by atoms with E-state index in [2.05, 4.69) is 0 Å². The standard InChI is InChI=1S/C10H9ClO2/c11-9-3-1-2-8-7(9)4-5-10(8,13)6-12/h1-3,6,13H,4-5H2. The van der Waals surface area contributed by atoms with Gasteiger partial charge in [0.2, 0.25) is 0 Å². The van der Waals surface area contributed by atoms with Crippen LogP contribution in [-0.2, 0) is 16.8 Å². The number of hydrogen-bond acceptors (Lipinski definition) is 2. The highest BCUT2D eigenvalue weighted by Gasteiger charge is 2.37. The number of carbonyl (C=O) groups excluding carboxylic acids is 1. The number of rotatable bonds is 1. The molecular weight excluding hydrogens is 188 g/mol. The Hall–Kier alpha value is -0.860. The summed E-state index contributed by atoms with van der Waals surface area (Å²) in [5, 5.41) is 10.5. The summed E-state index contributed by atoms with van der Waals surface area (Å²) in [6, 6.07) is 5.28. The molecule has 1 aromatic rings. The molecule has 0 fully saturated rings. The van der Waals surface area contributed by atoms with Gasteiger partial charge in [-0.25, -0.2) is 0 Å². The number of fused-ring (bicyclic) bond motifs is 1. The lowest BCUT2D eigenvalue weighted by atomic mass is 9.98. The Morgan fingerprint density at radius 3 is 3.00 bits per heavy atom. The van der Waals surface area contributed by atoms with E-state index >= 15 is 0 Å². The zero-order chi connectivity index (χ0) is 9.47. The highest BCUT2D eigenvalue weighted by molar-refractivity contribution is 6.31. The SMILES string of the molecule is O=CC1(O)CCc2c(Cl)cccc21. The summed E-state index contributed by atoms with van der Waals surface area (Å²) in [4.78, 5) is 10.7. The van der Waals surface area contributed by atoms with Gasteiger partial charge in [-0.05, 0) is 30.0 Å². The fraction of sp³-hybridized carbons (Fsp3) is 0.300. The fourth-order valence-corrected chi connectivity index (χ4v) is 2.06. The molecule has 1 atom stereocenters. The molecule has 3 heteroatoms. The van der Waals surface area contributed by atoms with Crippen molar-refractivity contribution in [1.82, 2.24) is 0 Å². The Balaban J connectivity index is 2.61. The van der Waals surface area contributed by atoms with Gasteiger partial charge in [0.25, 0.3) is 0 Å². The third-order valence-corrected chi connectivity index (χ3v) is 2.89. The molecule has 0 saturated carbocycles. The number of hydrogen-bond donors (Lipinski definition) is 1. The largest absolute Gasteiger partial charge is 0.378 e. The molecular formula is C10H9ClO2. The van der Waals surface area contributed by atoms with Crippen molar-refractivity contribution in [3.63, 3.8) is 0 Å². The second-order valence-corrected chi connectivity index (χ2v) is 3.72. The molecule has 2 nitrogen and oxygen atoms in total. The van der Waals surface area contributed by atoms with E-state index in [-0.39, 0.29) is 0 Å². The zero-order valence-corrected chi connectivity index (χ0v) is 7.71. The van der Waals surface area contributed by atoms with Crippen molar-refractivity contribution in [3.8, 4) is 0 Å². The Morgan fingerprint density at radius 1 is 1.54 bits per heavy atom. The molecule has 0 aliphatic heterocycles. The second-order valence-electron chi connectivity index (χ2n) is 3.31. The Labute approximate surface area is 81.1 Å². The van der Waals surface area contributed by atoms with E-state index < -0.39 is 5.60 Å². The van der Waals surface area contributed by atoms with Gasteiger partial charge < -0.3 is 5.11 Å². The van der Waals surface area contributed by atoms with Gasteiger partial charge in [0.15, 0.2) is 6.29 Å². The lowest BCUT2D eigenvalue weighted by molar-refractivity contribution is -0.124. The second kappa shape index (κ2) is 2.82. The van der Waals surface area contributed by atoms with Crippen molar-refractivity contribution in [2.24, 2.45) is 0 Å². The quantitative estimate of drug-likeness (QED) is 0.694. The molecule has 0 radical (unpaired) electrons. The maximum atomic E-state index is 10.7. The summed E-state index contributed by atoms with van der Waals surface area (Å²) < 4.78 is 0. The Kier molecular flexibility index (Phi) is 1.90. The molecule has 0 bridgehead atoms. The summed E-state index contributed by atoms with van der Waals surface area (Å²) in [5.74, 6) is 0. The molecule has 1 aromatic carbocycles. The molecule has 2 rings (SSSR count). The highest BCUT2D eigenvalue weighted by atomic mass is 35.5. The molecule has 0 saturated heterocycles. The van der Waals surface area contributed by atoms with Crippen LogP contribution in [0.25, 0.3) is 0 Å². The molecule has 0 amide bonds. The first-order chi connectivity index (χ1) is 6.17. The molecule has 1 unspecified atom stereocenters. The molecule has 0 aromatic heterocycles. The fourth-order valence-electron chi connectivity index (χ4n) is 1.79. The summed E-state index contributed by atoms with van der Waals surface area (Å²) >= 11 is 5.93. The average molecular weight is 197 g/mol. The predicted molar refractivity (Wildman–Crippen MR) is 49.7 cm³/mol. The van der Waals surface area contributed by atoms with E-state index in [0.29, 0.717) is 29.7 Å². The van der Waals surface area contributed by atoms with Gasteiger partial charge in [-0.1, -0.05) is 23.7 Å². The Morgan fingerprint density at radius 2 is 2.31 bits per heavy atom. The minimum atomic E-state index is -1.31. The summed E-state index contributed by atoms with van der Waals surface area (Å²) in [6.07, 6.45) is 1.70. The molecule has 13 heavy (non-hydrogen) atoms. The molecule has 1 aliphatic carbocycles. The number of aldehydes is 1. The Bertz CT molecular complexity index is 362. The van der Waals surface area contributed by atoms with E-state index in [1.54, 1.807) is 18.2 Å². The van der Waals surface area contributed by atoms with Crippen LogP contribution < -0.4 is 0 Å². The van der Waals surface area contributed by atoms with E-state index in [1.807, 2.05) is 0 Å². The molecule has 1 aliphatic rings. The average Bonchev–Trinajstić information content (AvgIpc) is 2.47. The molecule has 0 heterocycles. The highest BCUT2D eigenvalue weighted by Crippen LogP contribution is 2.38. The van der Waals surface area contributed by atoms with Crippen LogP contribution in [-0.4, -0.2) is 11.4 Å². The molecule has 0 spiro atoms. The maximum Gasteiger partial charge on any atom is 0.156 e. The topological polar surface area (TPSA) is 37.3 Å². The lowest BCUT2D eigenvalue weighted by Gasteiger charge is -2.15. The van der Waals surface area contributed by atoms with Gasteiger partial charge in [-0.15, -0.1) is 0 Å². The van der Waals surface area contributed by atoms with Gasteiger partial charge in [0.05, 0.1) is 0 Å². The third kappa shape index (κ3) is 1.18. The van der Waals surface area contributed by atoms with E-state index in [4.69, 9.17) is 11.6 Å². The van der Waals surface area contributed by atoms with Crippen molar-refractivity contribution in [2.45, 2.75) is 18.4 Å². The maximum absolute atomic E-state index is 10.7. The summed E-state index contributed by atoms with van der Waals surface area (Å²) in [5.41, 5.74) is 0.258. The van der Waals surface area contributed by atoms with Crippen molar-refractivity contribution < 1.29 is 9.90 Å². The van der Waals surface area contributed by atoms with Crippen LogP contribution in [0.4, 0.5) is 0 Å². The lowest BCUT2D eigenvalue weighted by Crippen LogP contribution is -2.23. The van der Waals surface area contributed by atoms with Crippen LogP contribution in [0.3, 0.4) is 0 Å². The molecule has 68 valence electrons. The van der Waals surface area contributed by atoms with E-state index in [1.165, 1.54) is 0 Å². The van der Waals surface area contributed by atoms with Crippen LogP contribution in [0, 0.1) is 0 Å². The van der Waals surface area contributed by atoms with Crippen LogP contribution in [0.1, 0.15) is 17.5 Å². The normalized spacial score (nSPS) is 25.7. The van der Waals surface area contributed by atoms with Gasteiger partial charge in [-0.3, -0.25) is 4.79 Å². The van der Waals surface area contributed by atoms with Crippen LogP contribution in [0.15, 0.2) is 18.2 Å². The predicted octanol–water partition coefficient (Wildman–Crippen LogP) is 1.67. The van der Waals surface area contributed by atoms with E-state index in [0.717, 1.165) is 5.56 Å². The van der Waals surface area contributed by atoms with Crippen molar-refractivity contribution >= 4 is 17.9 Å². The van der Waals surface area contributed by atoms with Gasteiger partial charge >= 0.3 is 0 Å². The summed E-state index contributed by atoms with van der Waals surface area (Å²) in [7, 11) is 0. The monoisotopic (exact) mass is 196 g/mol. The third-order valence-electron chi connectivity index (χ3n) is 2.54. The first-order valence-electron chi connectivity index (χ1n) is 4.14. The number of benzene rings is 1.